The first-order valence-corrected chi connectivity index (χ1v) is 10.4. The number of nitrogens with zero attached hydrogens (tertiary/aromatic N) is 4. The Morgan fingerprint density at radius 1 is 1.23 bits per heavy atom. The first-order valence-electron chi connectivity index (χ1n) is 10.4. The standard InChI is InChI=1S/C20H25N7O2.ClH/c28-18-7-3-6-16-12-8-13(10-21-9-12)17(27(16)18)11-22-20(29)15-5-2-1-4-14(15)19-23-25-26-24-19;/h1-2,4-5,12-13,16-17,21H,3,6-11H2,(H,22,29)(H,23,24,25,26);1H/t12-,13+,16+,17+;/m1./s1. The van der Waals surface area contributed by atoms with Gasteiger partial charge in [0.25, 0.3) is 5.91 Å². The average Bonchev–Trinajstić information content (AvgIpc) is 3.29. The number of fused-ring (bicyclic) bond motifs is 4. The largest absolute Gasteiger partial charge is 0.350 e. The summed E-state index contributed by atoms with van der Waals surface area (Å²) in [5.74, 6) is 1.35. The SMILES string of the molecule is Cl.O=C(NC[C@H]1[C@@H]2CNC[C@@H](C2)[C@@H]2CCCC(=O)N21)c1ccccc1-c1nn[nH]n1. The summed E-state index contributed by atoms with van der Waals surface area (Å²) in [7, 11) is 0. The number of hydrogen-bond donors (Lipinski definition) is 3. The molecule has 0 radical (unpaired) electrons. The number of amides is 2. The quantitative estimate of drug-likeness (QED) is 0.665. The molecule has 0 unspecified atom stereocenters. The Balaban J connectivity index is 0.00000218. The summed E-state index contributed by atoms with van der Waals surface area (Å²) in [4.78, 5) is 27.9. The molecule has 1 aromatic carbocycles. The molecule has 3 N–H and O–H groups in total. The summed E-state index contributed by atoms with van der Waals surface area (Å²) in [6, 6.07) is 7.56. The summed E-state index contributed by atoms with van der Waals surface area (Å²) in [6.45, 7) is 2.34. The zero-order valence-electron chi connectivity index (χ0n) is 16.6. The minimum Gasteiger partial charge on any atom is -0.350 e. The number of tetrazole rings is 1. The molecular weight excluding hydrogens is 406 g/mol. The summed E-state index contributed by atoms with van der Waals surface area (Å²) in [5, 5.41) is 20.6. The van der Waals surface area contributed by atoms with Crippen LogP contribution in [0.5, 0.6) is 0 Å². The Morgan fingerprint density at radius 2 is 2.07 bits per heavy atom. The number of piperidine rings is 3. The van der Waals surface area contributed by atoms with Crippen LogP contribution >= 0.6 is 12.4 Å². The number of aromatic nitrogens is 4. The van der Waals surface area contributed by atoms with Crippen LogP contribution in [0, 0.1) is 11.8 Å². The van der Waals surface area contributed by atoms with Gasteiger partial charge in [0.15, 0.2) is 0 Å². The van der Waals surface area contributed by atoms with E-state index in [1.165, 1.54) is 0 Å². The fourth-order valence-corrected chi connectivity index (χ4v) is 5.34. The van der Waals surface area contributed by atoms with Crippen molar-refractivity contribution < 1.29 is 9.59 Å². The van der Waals surface area contributed by atoms with Crippen LogP contribution in [-0.2, 0) is 4.79 Å². The third-order valence-corrected chi connectivity index (χ3v) is 6.63. The van der Waals surface area contributed by atoms with E-state index in [0.29, 0.717) is 47.8 Å². The molecule has 0 saturated carbocycles. The molecule has 9 nitrogen and oxygen atoms in total. The van der Waals surface area contributed by atoms with Gasteiger partial charge in [0, 0.05) is 31.1 Å². The molecule has 2 amide bonds. The number of benzene rings is 1. The highest BCUT2D eigenvalue weighted by atomic mass is 35.5. The molecule has 3 fully saturated rings. The molecule has 4 heterocycles. The van der Waals surface area contributed by atoms with Gasteiger partial charge in [-0.2, -0.15) is 5.21 Å². The van der Waals surface area contributed by atoms with Crippen LogP contribution in [0.25, 0.3) is 11.4 Å². The fraction of sp³-hybridized carbons (Fsp3) is 0.550. The molecule has 3 aliphatic rings. The fourth-order valence-electron chi connectivity index (χ4n) is 5.34. The van der Waals surface area contributed by atoms with Crippen molar-refractivity contribution in [3.8, 4) is 11.4 Å². The number of nitrogens with one attached hydrogen (secondary N) is 3. The van der Waals surface area contributed by atoms with Gasteiger partial charge in [0.05, 0.1) is 11.6 Å². The van der Waals surface area contributed by atoms with Crippen molar-refractivity contribution in [2.75, 3.05) is 19.6 Å². The second-order valence-corrected chi connectivity index (χ2v) is 8.23. The van der Waals surface area contributed by atoms with Gasteiger partial charge in [0.1, 0.15) is 0 Å². The number of halogens is 1. The predicted octanol–water partition coefficient (Wildman–Crippen LogP) is 1.01. The first-order chi connectivity index (χ1) is 14.2. The molecule has 3 saturated heterocycles. The highest BCUT2D eigenvalue weighted by molar-refractivity contribution is 6.00. The lowest BCUT2D eigenvalue weighted by molar-refractivity contribution is -0.148. The number of rotatable bonds is 4. The van der Waals surface area contributed by atoms with E-state index in [9.17, 15) is 9.59 Å². The van der Waals surface area contributed by atoms with E-state index in [1.54, 1.807) is 12.1 Å². The van der Waals surface area contributed by atoms with E-state index in [1.807, 2.05) is 12.1 Å². The molecule has 160 valence electrons. The average molecular weight is 432 g/mol. The third-order valence-electron chi connectivity index (χ3n) is 6.63. The monoisotopic (exact) mass is 431 g/mol. The van der Waals surface area contributed by atoms with Crippen LogP contribution in [0.2, 0.25) is 0 Å². The molecule has 1 aromatic heterocycles. The first kappa shape index (κ1) is 20.7. The van der Waals surface area contributed by atoms with E-state index < -0.39 is 0 Å². The van der Waals surface area contributed by atoms with Crippen molar-refractivity contribution in [3.63, 3.8) is 0 Å². The van der Waals surface area contributed by atoms with E-state index in [0.717, 1.165) is 32.4 Å². The predicted molar refractivity (Wildman–Crippen MR) is 112 cm³/mol. The van der Waals surface area contributed by atoms with Gasteiger partial charge in [-0.1, -0.05) is 18.2 Å². The maximum Gasteiger partial charge on any atom is 0.252 e. The molecule has 2 bridgehead atoms. The van der Waals surface area contributed by atoms with Gasteiger partial charge in [-0.05, 0) is 48.9 Å². The summed E-state index contributed by atoms with van der Waals surface area (Å²) in [5.41, 5.74) is 1.14. The molecule has 2 aromatic rings. The molecule has 30 heavy (non-hydrogen) atoms. The maximum atomic E-state index is 13.0. The van der Waals surface area contributed by atoms with E-state index in [4.69, 9.17) is 0 Å². The minimum atomic E-state index is -0.183. The Kier molecular flexibility index (Phi) is 6.01. The molecule has 10 heteroatoms. The van der Waals surface area contributed by atoms with Crippen molar-refractivity contribution in [1.29, 1.82) is 0 Å². The van der Waals surface area contributed by atoms with Gasteiger partial charge in [0.2, 0.25) is 11.7 Å². The Bertz CT molecular complexity index is 906. The van der Waals surface area contributed by atoms with Crippen molar-refractivity contribution >= 4 is 24.2 Å². The van der Waals surface area contributed by atoms with Crippen LogP contribution in [-0.4, -0.2) is 69.1 Å². The van der Waals surface area contributed by atoms with Gasteiger partial charge >= 0.3 is 0 Å². The van der Waals surface area contributed by atoms with Crippen LogP contribution < -0.4 is 10.6 Å². The summed E-state index contributed by atoms with van der Waals surface area (Å²) < 4.78 is 0. The van der Waals surface area contributed by atoms with Gasteiger partial charge in [-0.25, -0.2) is 0 Å². The van der Waals surface area contributed by atoms with Crippen molar-refractivity contribution in [3.05, 3.63) is 29.8 Å². The van der Waals surface area contributed by atoms with E-state index in [2.05, 4.69) is 36.2 Å². The zero-order valence-corrected chi connectivity index (χ0v) is 17.4. The summed E-state index contributed by atoms with van der Waals surface area (Å²) >= 11 is 0. The van der Waals surface area contributed by atoms with Crippen LogP contribution in [0.4, 0.5) is 0 Å². The molecule has 0 aliphatic carbocycles. The summed E-state index contributed by atoms with van der Waals surface area (Å²) in [6.07, 6.45) is 3.78. The van der Waals surface area contributed by atoms with Crippen molar-refractivity contribution in [1.82, 2.24) is 36.2 Å². The molecule has 4 atom stereocenters. The second-order valence-electron chi connectivity index (χ2n) is 8.23. The smallest absolute Gasteiger partial charge is 0.252 e. The molecular formula is C20H26ClN7O2. The van der Waals surface area contributed by atoms with E-state index >= 15 is 0 Å². The Labute approximate surface area is 180 Å². The number of H-pyrrole nitrogens is 1. The maximum absolute atomic E-state index is 13.0. The highest BCUT2D eigenvalue weighted by Gasteiger charge is 2.47. The normalized spacial score (nSPS) is 27.7. The van der Waals surface area contributed by atoms with Gasteiger partial charge < -0.3 is 15.5 Å². The lowest BCUT2D eigenvalue weighted by Gasteiger charge is -2.54. The van der Waals surface area contributed by atoms with Crippen LogP contribution in [0.15, 0.2) is 24.3 Å². The van der Waals surface area contributed by atoms with E-state index in [-0.39, 0.29) is 30.3 Å². The lowest BCUT2D eigenvalue weighted by atomic mass is 9.72. The topological polar surface area (TPSA) is 116 Å². The second kappa shape index (κ2) is 8.69. The number of hydrogen-bond acceptors (Lipinski definition) is 6. The van der Waals surface area contributed by atoms with Crippen LogP contribution in [0.1, 0.15) is 36.0 Å². The van der Waals surface area contributed by atoms with Crippen LogP contribution in [0.3, 0.4) is 0 Å². The van der Waals surface area contributed by atoms with Crippen molar-refractivity contribution in [2.24, 2.45) is 11.8 Å². The lowest BCUT2D eigenvalue weighted by Crippen LogP contribution is -2.66. The zero-order chi connectivity index (χ0) is 19.8. The molecule has 5 rings (SSSR count). The number of carbonyl (C=O) groups excluding carboxylic acids is 2. The highest BCUT2D eigenvalue weighted by Crippen LogP contribution is 2.39. The Hall–Kier alpha value is -2.52. The van der Waals surface area contributed by atoms with Crippen molar-refractivity contribution in [2.45, 2.75) is 37.8 Å². The number of carbonyl (C=O) groups is 2. The number of aromatic amines is 1. The Morgan fingerprint density at radius 3 is 2.90 bits per heavy atom. The third kappa shape index (κ3) is 3.67. The van der Waals surface area contributed by atoms with Gasteiger partial charge in [-0.3, -0.25) is 9.59 Å². The molecule has 0 spiro atoms. The minimum absolute atomic E-state index is 0. The van der Waals surface area contributed by atoms with Gasteiger partial charge in [-0.15, -0.1) is 22.6 Å². The molecule has 3 aliphatic heterocycles.